The maximum Gasteiger partial charge on any atom is 0.241 e. The van der Waals surface area contributed by atoms with Crippen LogP contribution in [0, 0.1) is 11.3 Å². The zero-order valence-electron chi connectivity index (χ0n) is 15.2. The van der Waals surface area contributed by atoms with E-state index in [0.29, 0.717) is 24.8 Å². The molecule has 6 nitrogen and oxygen atoms in total. The van der Waals surface area contributed by atoms with Crippen molar-refractivity contribution < 1.29 is 13.9 Å². The Balaban J connectivity index is 1.69. The summed E-state index contributed by atoms with van der Waals surface area (Å²) in [6, 6.07) is 4.97. The van der Waals surface area contributed by atoms with Gasteiger partial charge in [0.2, 0.25) is 5.91 Å². The first kappa shape index (κ1) is 17.9. The van der Waals surface area contributed by atoms with Gasteiger partial charge in [-0.1, -0.05) is 20.8 Å². The van der Waals surface area contributed by atoms with Crippen LogP contribution >= 0.6 is 0 Å². The lowest BCUT2D eigenvalue weighted by Crippen LogP contribution is -2.43. The molecular formula is C19H27N3O3. The summed E-state index contributed by atoms with van der Waals surface area (Å²) < 4.78 is 11.1. The molecule has 136 valence electrons. The molecular weight excluding hydrogens is 318 g/mol. The number of carbonyl (C=O) groups is 1. The van der Waals surface area contributed by atoms with Gasteiger partial charge in [-0.15, -0.1) is 0 Å². The molecule has 6 heteroatoms. The van der Waals surface area contributed by atoms with Gasteiger partial charge in [0.15, 0.2) is 11.5 Å². The number of hydrogen-bond acceptors (Lipinski definition) is 5. The summed E-state index contributed by atoms with van der Waals surface area (Å²) in [6.45, 7) is 7.78. The molecule has 2 aromatic rings. The molecule has 1 atom stereocenters. The number of oxazole rings is 1. The van der Waals surface area contributed by atoms with E-state index < -0.39 is 6.04 Å². The molecule has 2 heterocycles. The quantitative estimate of drug-likeness (QED) is 0.888. The average Bonchev–Trinajstić information content (AvgIpc) is 2.94. The normalized spacial score (nSPS) is 17.6. The third-order valence-electron chi connectivity index (χ3n) is 4.46. The Labute approximate surface area is 148 Å². The number of ether oxygens (including phenoxy) is 1. The van der Waals surface area contributed by atoms with Gasteiger partial charge in [-0.25, -0.2) is 4.98 Å². The van der Waals surface area contributed by atoms with Crippen molar-refractivity contribution in [3.8, 4) is 0 Å². The summed E-state index contributed by atoms with van der Waals surface area (Å²) in [7, 11) is 0. The van der Waals surface area contributed by atoms with E-state index in [-0.39, 0.29) is 17.2 Å². The summed E-state index contributed by atoms with van der Waals surface area (Å²) in [6.07, 6.45) is 2.41. The predicted molar refractivity (Wildman–Crippen MR) is 97.3 cm³/mol. The summed E-state index contributed by atoms with van der Waals surface area (Å²) in [5.41, 5.74) is 8.39. The number of carbonyl (C=O) groups excluding carboxylic acids is 1. The van der Waals surface area contributed by atoms with Crippen LogP contribution in [0.3, 0.4) is 0 Å². The van der Waals surface area contributed by atoms with Crippen LogP contribution in [0.2, 0.25) is 0 Å². The van der Waals surface area contributed by atoms with Crippen LogP contribution in [-0.4, -0.2) is 30.1 Å². The second kappa shape index (κ2) is 7.14. The van der Waals surface area contributed by atoms with Crippen molar-refractivity contribution in [2.45, 2.75) is 46.1 Å². The summed E-state index contributed by atoms with van der Waals surface area (Å²) in [5.74, 6) is 0.720. The largest absolute Gasteiger partial charge is 0.441 e. The molecule has 1 unspecified atom stereocenters. The number of fused-ring (bicyclic) bond motifs is 1. The molecule has 1 aliphatic rings. The topological polar surface area (TPSA) is 90.4 Å². The van der Waals surface area contributed by atoms with Gasteiger partial charge in [-0.2, -0.15) is 0 Å². The van der Waals surface area contributed by atoms with Gasteiger partial charge >= 0.3 is 0 Å². The van der Waals surface area contributed by atoms with Gasteiger partial charge in [-0.3, -0.25) is 4.79 Å². The molecule has 1 aromatic carbocycles. The van der Waals surface area contributed by atoms with E-state index in [1.54, 1.807) is 0 Å². The van der Waals surface area contributed by atoms with E-state index in [1.165, 1.54) is 0 Å². The van der Waals surface area contributed by atoms with Crippen molar-refractivity contribution in [3.05, 3.63) is 24.1 Å². The Morgan fingerprint density at radius 1 is 1.36 bits per heavy atom. The molecule has 25 heavy (non-hydrogen) atoms. The maximum absolute atomic E-state index is 12.4. The van der Waals surface area contributed by atoms with Crippen molar-refractivity contribution >= 4 is 22.7 Å². The molecule has 3 rings (SSSR count). The molecule has 0 aliphatic carbocycles. The van der Waals surface area contributed by atoms with E-state index in [2.05, 4.69) is 31.1 Å². The molecule has 1 amide bonds. The smallest absolute Gasteiger partial charge is 0.241 e. The maximum atomic E-state index is 12.4. The van der Waals surface area contributed by atoms with Crippen LogP contribution in [0.15, 0.2) is 22.6 Å². The Kier molecular flexibility index (Phi) is 5.11. The van der Waals surface area contributed by atoms with E-state index in [9.17, 15) is 4.79 Å². The van der Waals surface area contributed by atoms with Crippen molar-refractivity contribution in [2.24, 2.45) is 17.1 Å². The predicted octanol–water partition coefficient (Wildman–Crippen LogP) is 3.11. The minimum Gasteiger partial charge on any atom is -0.441 e. The standard InChI is InChI=1S/C19H27N3O3/c1-19(2,3)11-16-22-14-10-13(4-5-15(14)25-16)21-18(23)17(20)12-6-8-24-9-7-12/h4-5,10,12,17H,6-9,11,20H2,1-3H3,(H,21,23). The highest BCUT2D eigenvalue weighted by molar-refractivity contribution is 5.96. The fourth-order valence-electron chi connectivity index (χ4n) is 3.10. The second-order valence-electron chi connectivity index (χ2n) is 7.99. The number of nitrogens with two attached hydrogens (primary N) is 1. The summed E-state index contributed by atoms with van der Waals surface area (Å²) in [4.78, 5) is 17.0. The number of hydrogen-bond donors (Lipinski definition) is 2. The van der Waals surface area contributed by atoms with Gasteiger partial charge in [-0.05, 0) is 42.4 Å². The fourth-order valence-corrected chi connectivity index (χ4v) is 3.10. The number of benzene rings is 1. The fraction of sp³-hybridized carbons (Fsp3) is 0.579. The summed E-state index contributed by atoms with van der Waals surface area (Å²) >= 11 is 0. The van der Waals surface area contributed by atoms with Gasteiger partial charge in [0.05, 0.1) is 6.04 Å². The first-order valence-electron chi connectivity index (χ1n) is 8.85. The average molecular weight is 345 g/mol. The number of nitrogens with one attached hydrogen (secondary N) is 1. The molecule has 1 fully saturated rings. The van der Waals surface area contributed by atoms with E-state index >= 15 is 0 Å². The van der Waals surface area contributed by atoms with E-state index in [4.69, 9.17) is 14.9 Å². The van der Waals surface area contributed by atoms with E-state index in [0.717, 1.165) is 30.4 Å². The van der Waals surface area contributed by atoms with Crippen LogP contribution in [0.5, 0.6) is 0 Å². The zero-order chi connectivity index (χ0) is 18.0. The number of amides is 1. The highest BCUT2D eigenvalue weighted by atomic mass is 16.5. The Bertz CT molecular complexity index is 742. The number of aromatic nitrogens is 1. The first-order valence-corrected chi connectivity index (χ1v) is 8.85. The second-order valence-corrected chi connectivity index (χ2v) is 7.99. The Morgan fingerprint density at radius 2 is 2.08 bits per heavy atom. The zero-order valence-corrected chi connectivity index (χ0v) is 15.2. The van der Waals surface area contributed by atoms with Crippen molar-refractivity contribution in [1.82, 2.24) is 4.98 Å². The molecule has 0 bridgehead atoms. The molecule has 1 aliphatic heterocycles. The van der Waals surface area contributed by atoms with Crippen molar-refractivity contribution in [3.63, 3.8) is 0 Å². The van der Waals surface area contributed by atoms with Gasteiger partial charge < -0.3 is 20.2 Å². The van der Waals surface area contributed by atoms with Crippen LogP contribution in [0.25, 0.3) is 11.1 Å². The number of nitrogens with zero attached hydrogens (tertiary/aromatic N) is 1. The van der Waals surface area contributed by atoms with Crippen LogP contribution in [-0.2, 0) is 16.0 Å². The summed E-state index contributed by atoms with van der Waals surface area (Å²) in [5, 5.41) is 2.90. The highest BCUT2D eigenvalue weighted by Crippen LogP contribution is 2.25. The molecule has 1 aromatic heterocycles. The van der Waals surface area contributed by atoms with Gasteiger partial charge in [0, 0.05) is 25.3 Å². The SMILES string of the molecule is CC(C)(C)Cc1nc2cc(NC(=O)C(N)C3CCOCC3)ccc2o1. The lowest BCUT2D eigenvalue weighted by Gasteiger charge is -2.26. The third kappa shape index (κ3) is 4.58. The van der Waals surface area contributed by atoms with Gasteiger partial charge in [0.25, 0.3) is 0 Å². The molecule has 3 N–H and O–H groups in total. The van der Waals surface area contributed by atoms with Crippen LogP contribution in [0.4, 0.5) is 5.69 Å². The van der Waals surface area contributed by atoms with Crippen molar-refractivity contribution in [1.29, 1.82) is 0 Å². The van der Waals surface area contributed by atoms with Gasteiger partial charge in [0.1, 0.15) is 5.52 Å². The molecule has 1 saturated heterocycles. The lowest BCUT2D eigenvalue weighted by atomic mass is 9.92. The van der Waals surface area contributed by atoms with Crippen molar-refractivity contribution in [2.75, 3.05) is 18.5 Å². The third-order valence-corrected chi connectivity index (χ3v) is 4.46. The minimum absolute atomic E-state index is 0.106. The first-order chi connectivity index (χ1) is 11.8. The monoisotopic (exact) mass is 345 g/mol. The highest BCUT2D eigenvalue weighted by Gasteiger charge is 2.26. The van der Waals surface area contributed by atoms with Crippen LogP contribution < -0.4 is 11.1 Å². The van der Waals surface area contributed by atoms with Crippen LogP contribution in [0.1, 0.15) is 39.5 Å². The lowest BCUT2D eigenvalue weighted by molar-refractivity contribution is -0.119. The molecule has 0 saturated carbocycles. The number of anilines is 1. The van der Waals surface area contributed by atoms with E-state index in [1.807, 2.05) is 18.2 Å². The Morgan fingerprint density at radius 3 is 2.76 bits per heavy atom. The Hall–Kier alpha value is -1.92. The molecule has 0 spiro atoms. The minimum atomic E-state index is -0.520. The molecule has 0 radical (unpaired) electrons. The number of rotatable bonds is 4.